The second-order valence-corrected chi connectivity index (χ2v) is 5.78. The van der Waals surface area contributed by atoms with Crippen LogP contribution in [0.25, 0.3) is 0 Å². The summed E-state index contributed by atoms with van der Waals surface area (Å²) < 4.78 is 0. The Hall–Kier alpha value is -1.65. The van der Waals surface area contributed by atoms with Gasteiger partial charge in [0.25, 0.3) is 5.69 Å². The molecule has 0 spiro atoms. The number of aromatic nitrogens is 1. The number of hydrogen-bond acceptors (Lipinski definition) is 4. The van der Waals surface area contributed by atoms with E-state index < -0.39 is 4.92 Å². The van der Waals surface area contributed by atoms with Crippen molar-refractivity contribution in [2.45, 2.75) is 38.6 Å². The Labute approximate surface area is 112 Å². The highest BCUT2D eigenvalue weighted by molar-refractivity contribution is 5.45. The third kappa shape index (κ3) is 2.17. The smallest absolute Gasteiger partial charge is 0.287 e. The summed E-state index contributed by atoms with van der Waals surface area (Å²) >= 11 is 0. The maximum atomic E-state index is 10.7. The summed E-state index contributed by atoms with van der Waals surface area (Å²) in [5, 5.41) is 10.7. The van der Waals surface area contributed by atoms with Crippen molar-refractivity contribution in [3.05, 3.63) is 28.4 Å². The standard InChI is InChI=1S/C14H19N3O2/c1-10-9-16(13-5-3-2-4-12(10)13)14-7-6-11(8-15-14)17(18)19/h6-8,10,12-13H,2-5,9H2,1H3. The maximum absolute atomic E-state index is 10.7. The fourth-order valence-corrected chi connectivity index (χ4v) is 3.69. The van der Waals surface area contributed by atoms with Crippen LogP contribution in [0.5, 0.6) is 0 Å². The molecule has 3 atom stereocenters. The Kier molecular flexibility index (Phi) is 3.12. The van der Waals surface area contributed by atoms with Gasteiger partial charge in [0.2, 0.25) is 0 Å². The molecule has 0 amide bonds. The van der Waals surface area contributed by atoms with Gasteiger partial charge in [0.05, 0.1) is 4.92 Å². The third-order valence-electron chi connectivity index (χ3n) is 4.63. The Balaban J connectivity index is 1.83. The highest BCUT2D eigenvalue weighted by atomic mass is 16.6. The average molecular weight is 261 g/mol. The summed E-state index contributed by atoms with van der Waals surface area (Å²) in [6.07, 6.45) is 6.55. The summed E-state index contributed by atoms with van der Waals surface area (Å²) in [5.41, 5.74) is 0.0659. The van der Waals surface area contributed by atoms with Crippen LogP contribution >= 0.6 is 0 Å². The molecule has 0 radical (unpaired) electrons. The van der Waals surface area contributed by atoms with E-state index >= 15 is 0 Å². The Morgan fingerprint density at radius 2 is 2.16 bits per heavy atom. The predicted octanol–water partition coefficient (Wildman–Crippen LogP) is 3.00. The van der Waals surface area contributed by atoms with Crippen molar-refractivity contribution in [3.63, 3.8) is 0 Å². The molecule has 3 unspecified atom stereocenters. The van der Waals surface area contributed by atoms with Crippen LogP contribution in [-0.2, 0) is 0 Å². The maximum Gasteiger partial charge on any atom is 0.287 e. The van der Waals surface area contributed by atoms with Crippen LogP contribution in [0.3, 0.4) is 0 Å². The van der Waals surface area contributed by atoms with E-state index in [1.807, 2.05) is 0 Å². The fourth-order valence-electron chi connectivity index (χ4n) is 3.69. The minimum Gasteiger partial charge on any atom is -0.353 e. The SMILES string of the molecule is CC1CN(c2ccc([N+](=O)[O-])cn2)C2CCCCC12. The van der Waals surface area contributed by atoms with E-state index in [0.29, 0.717) is 12.0 Å². The molecule has 2 fully saturated rings. The second-order valence-electron chi connectivity index (χ2n) is 5.78. The molecule has 3 rings (SSSR count). The first kappa shape index (κ1) is 12.4. The lowest BCUT2D eigenvalue weighted by Crippen LogP contribution is -2.35. The van der Waals surface area contributed by atoms with Gasteiger partial charge in [-0.2, -0.15) is 0 Å². The molecular formula is C14H19N3O2. The van der Waals surface area contributed by atoms with Gasteiger partial charge in [0.15, 0.2) is 0 Å². The Morgan fingerprint density at radius 1 is 1.37 bits per heavy atom. The zero-order valence-electron chi connectivity index (χ0n) is 11.2. The highest BCUT2D eigenvalue weighted by Crippen LogP contribution is 2.41. The summed E-state index contributed by atoms with van der Waals surface area (Å²) in [5.74, 6) is 2.36. The van der Waals surface area contributed by atoms with Crippen LogP contribution in [0.15, 0.2) is 18.3 Å². The van der Waals surface area contributed by atoms with Gasteiger partial charge in [-0.25, -0.2) is 4.98 Å². The number of nitro groups is 1. The summed E-state index contributed by atoms with van der Waals surface area (Å²) in [4.78, 5) is 16.9. The van der Waals surface area contributed by atoms with Crippen LogP contribution < -0.4 is 4.90 Å². The van der Waals surface area contributed by atoms with E-state index in [-0.39, 0.29) is 5.69 Å². The predicted molar refractivity (Wildman–Crippen MR) is 73.1 cm³/mol. The lowest BCUT2D eigenvalue weighted by atomic mass is 9.80. The molecule has 102 valence electrons. The molecule has 0 bridgehead atoms. The monoisotopic (exact) mass is 261 g/mol. The highest BCUT2D eigenvalue weighted by Gasteiger charge is 2.40. The van der Waals surface area contributed by atoms with Crippen molar-refractivity contribution in [2.75, 3.05) is 11.4 Å². The molecule has 1 aliphatic heterocycles. The molecule has 2 heterocycles. The molecule has 1 aromatic heterocycles. The minimum atomic E-state index is -0.396. The van der Waals surface area contributed by atoms with E-state index in [2.05, 4.69) is 16.8 Å². The van der Waals surface area contributed by atoms with Crippen molar-refractivity contribution < 1.29 is 4.92 Å². The molecule has 1 saturated carbocycles. The first-order valence-corrected chi connectivity index (χ1v) is 7.04. The van der Waals surface area contributed by atoms with Gasteiger partial charge >= 0.3 is 0 Å². The van der Waals surface area contributed by atoms with Crippen molar-refractivity contribution in [2.24, 2.45) is 11.8 Å². The zero-order valence-corrected chi connectivity index (χ0v) is 11.2. The van der Waals surface area contributed by atoms with Crippen LogP contribution in [0, 0.1) is 22.0 Å². The molecule has 5 nitrogen and oxygen atoms in total. The van der Waals surface area contributed by atoms with Gasteiger partial charge < -0.3 is 4.90 Å². The number of hydrogen-bond donors (Lipinski definition) is 0. The molecule has 1 aromatic rings. The molecule has 2 aliphatic rings. The van der Waals surface area contributed by atoms with E-state index in [0.717, 1.165) is 18.3 Å². The molecule has 19 heavy (non-hydrogen) atoms. The van der Waals surface area contributed by atoms with Crippen molar-refractivity contribution in [3.8, 4) is 0 Å². The van der Waals surface area contributed by atoms with Gasteiger partial charge in [-0.1, -0.05) is 19.8 Å². The minimum absolute atomic E-state index is 0.0659. The van der Waals surface area contributed by atoms with Gasteiger partial charge in [-0.15, -0.1) is 0 Å². The van der Waals surface area contributed by atoms with E-state index in [1.165, 1.54) is 31.9 Å². The number of nitrogens with zero attached hydrogens (tertiary/aromatic N) is 3. The van der Waals surface area contributed by atoms with E-state index in [9.17, 15) is 10.1 Å². The molecule has 5 heteroatoms. The van der Waals surface area contributed by atoms with Crippen LogP contribution in [-0.4, -0.2) is 22.5 Å². The Morgan fingerprint density at radius 3 is 2.84 bits per heavy atom. The first-order chi connectivity index (χ1) is 9.16. The summed E-state index contributed by atoms with van der Waals surface area (Å²) in [6, 6.07) is 3.93. The third-order valence-corrected chi connectivity index (χ3v) is 4.63. The first-order valence-electron chi connectivity index (χ1n) is 7.04. The lowest BCUT2D eigenvalue weighted by molar-refractivity contribution is -0.385. The fraction of sp³-hybridized carbons (Fsp3) is 0.643. The van der Waals surface area contributed by atoms with Crippen LogP contribution in [0.1, 0.15) is 32.6 Å². The van der Waals surface area contributed by atoms with Gasteiger partial charge in [0, 0.05) is 18.7 Å². The average Bonchev–Trinajstić information content (AvgIpc) is 2.77. The molecule has 0 aromatic carbocycles. The normalized spacial score (nSPS) is 30.2. The van der Waals surface area contributed by atoms with E-state index in [1.54, 1.807) is 12.1 Å². The molecule has 1 aliphatic carbocycles. The lowest BCUT2D eigenvalue weighted by Gasteiger charge is -2.32. The summed E-state index contributed by atoms with van der Waals surface area (Å²) in [6.45, 7) is 3.34. The quantitative estimate of drug-likeness (QED) is 0.606. The summed E-state index contributed by atoms with van der Waals surface area (Å²) in [7, 11) is 0. The number of pyridine rings is 1. The number of fused-ring (bicyclic) bond motifs is 1. The second kappa shape index (κ2) is 4.79. The van der Waals surface area contributed by atoms with Gasteiger partial charge in [0.1, 0.15) is 12.0 Å². The molecule has 0 N–H and O–H groups in total. The van der Waals surface area contributed by atoms with E-state index in [4.69, 9.17) is 0 Å². The number of rotatable bonds is 2. The zero-order chi connectivity index (χ0) is 13.4. The van der Waals surface area contributed by atoms with Gasteiger partial charge in [-0.05, 0) is 30.7 Å². The van der Waals surface area contributed by atoms with Crippen molar-refractivity contribution in [1.82, 2.24) is 4.98 Å². The van der Waals surface area contributed by atoms with Crippen LogP contribution in [0.2, 0.25) is 0 Å². The largest absolute Gasteiger partial charge is 0.353 e. The molecule has 1 saturated heterocycles. The van der Waals surface area contributed by atoms with Crippen molar-refractivity contribution in [1.29, 1.82) is 0 Å². The Bertz CT molecular complexity index is 474. The van der Waals surface area contributed by atoms with Gasteiger partial charge in [-0.3, -0.25) is 10.1 Å². The van der Waals surface area contributed by atoms with Crippen molar-refractivity contribution >= 4 is 11.5 Å². The molecular weight excluding hydrogens is 242 g/mol. The topological polar surface area (TPSA) is 59.3 Å². The number of anilines is 1. The van der Waals surface area contributed by atoms with Crippen LogP contribution in [0.4, 0.5) is 11.5 Å².